The number of hydrogen-bond acceptors (Lipinski definition) is 5. The molecule has 0 fully saturated rings. The number of H-pyrrole nitrogens is 1. The van der Waals surface area contributed by atoms with E-state index in [9.17, 15) is 23.4 Å². The van der Waals surface area contributed by atoms with E-state index in [0.29, 0.717) is 5.75 Å². The third kappa shape index (κ3) is 3.35. The van der Waals surface area contributed by atoms with Gasteiger partial charge in [-0.25, -0.2) is 0 Å². The zero-order chi connectivity index (χ0) is 19.8. The van der Waals surface area contributed by atoms with Gasteiger partial charge >= 0.3 is 6.18 Å². The number of ether oxygens (including phenoxy) is 2. The summed E-state index contributed by atoms with van der Waals surface area (Å²) in [4.78, 5) is 0. The topological polar surface area (TPSA) is 87.6 Å². The Morgan fingerprint density at radius 2 is 1.67 bits per heavy atom. The summed E-state index contributed by atoms with van der Waals surface area (Å²) >= 11 is 0. The lowest BCUT2D eigenvalue weighted by atomic mass is 9.97. The molecule has 1 heterocycles. The first kappa shape index (κ1) is 18.4. The Morgan fingerprint density at radius 3 is 2.26 bits per heavy atom. The molecule has 0 spiro atoms. The summed E-state index contributed by atoms with van der Waals surface area (Å²) < 4.78 is 50.9. The number of benzene rings is 2. The minimum absolute atomic E-state index is 0.0318. The Hall–Kier alpha value is -3.36. The second kappa shape index (κ2) is 6.75. The van der Waals surface area contributed by atoms with Crippen LogP contribution < -0.4 is 9.47 Å². The Kier molecular flexibility index (Phi) is 4.61. The molecule has 9 heteroatoms. The smallest absolute Gasteiger partial charge is 0.433 e. The Morgan fingerprint density at radius 1 is 0.963 bits per heavy atom. The average molecular weight is 380 g/mol. The van der Waals surface area contributed by atoms with Crippen molar-refractivity contribution in [1.29, 1.82) is 0 Å². The fourth-order valence-corrected chi connectivity index (χ4v) is 2.74. The Balaban J connectivity index is 2.28. The number of nitrogens with one attached hydrogen (secondary N) is 1. The number of halogens is 3. The summed E-state index contributed by atoms with van der Waals surface area (Å²) in [5, 5.41) is 25.3. The normalized spacial score (nSPS) is 11.4. The number of aromatic amines is 1. The number of methoxy groups -OCH3 is 2. The van der Waals surface area contributed by atoms with E-state index >= 15 is 0 Å². The first-order valence-electron chi connectivity index (χ1n) is 7.66. The Labute approximate surface area is 151 Å². The number of nitrogens with zero attached hydrogens (tertiary/aromatic N) is 1. The van der Waals surface area contributed by atoms with Gasteiger partial charge in [0.2, 0.25) is 0 Å². The third-order valence-electron chi connectivity index (χ3n) is 3.96. The standard InChI is InChI=1S/C18H15F3N2O4/c1-26-13-6-3-9(7-14(13)27-2)15-16(22-23-17(15)18(19,20)21)11-5-4-10(24)8-12(11)25/h3-8,24-25H,1-2H3,(H,22,23). The van der Waals surface area contributed by atoms with Crippen molar-refractivity contribution in [2.24, 2.45) is 0 Å². The summed E-state index contributed by atoms with van der Waals surface area (Å²) in [7, 11) is 2.78. The van der Waals surface area contributed by atoms with Crippen molar-refractivity contribution < 1.29 is 32.9 Å². The highest BCUT2D eigenvalue weighted by Gasteiger charge is 2.38. The number of aromatic hydroxyl groups is 2. The molecule has 3 N–H and O–H groups in total. The minimum atomic E-state index is -4.71. The highest BCUT2D eigenvalue weighted by Crippen LogP contribution is 2.45. The molecular formula is C18H15F3N2O4. The number of phenolic OH excluding ortho intramolecular Hbond substituents is 2. The van der Waals surface area contributed by atoms with Crippen LogP contribution in [0.3, 0.4) is 0 Å². The minimum Gasteiger partial charge on any atom is -0.508 e. The molecule has 2 aromatic carbocycles. The fourth-order valence-electron chi connectivity index (χ4n) is 2.74. The highest BCUT2D eigenvalue weighted by atomic mass is 19.4. The number of hydrogen-bond donors (Lipinski definition) is 3. The first-order valence-corrected chi connectivity index (χ1v) is 7.66. The predicted octanol–water partition coefficient (Wildman–Crippen LogP) is 4.19. The van der Waals surface area contributed by atoms with E-state index in [0.717, 1.165) is 6.07 Å². The van der Waals surface area contributed by atoms with Crippen LogP contribution in [0.2, 0.25) is 0 Å². The molecular weight excluding hydrogens is 365 g/mol. The van der Waals surface area contributed by atoms with E-state index in [-0.39, 0.29) is 33.9 Å². The molecule has 3 rings (SSSR count). The Bertz CT molecular complexity index is 983. The molecule has 0 radical (unpaired) electrons. The van der Waals surface area contributed by atoms with Crippen molar-refractivity contribution in [2.75, 3.05) is 14.2 Å². The summed E-state index contributed by atoms with van der Waals surface area (Å²) in [6, 6.07) is 7.85. The lowest BCUT2D eigenvalue weighted by Gasteiger charge is -2.13. The molecule has 0 aliphatic carbocycles. The van der Waals surface area contributed by atoms with Gasteiger partial charge in [0.05, 0.1) is 14.2 Å². The SMILES string of the molecule is COc1ccc(-c2c(-c3ccc(O)cc3O)n[nH]c2C(F)(F)F)cc1OC. The van der Waals surface area contributed by atoms with E-state index in [1.54, 1.807) is 0 Å². The van der Waals surface area contributed by atoms with Crippen LogP contribution in [0.4, 0.5) is 13.2 Å². The maximum atomic E-state index is 13.5. The van der Waals surface area contributed by atoms with Crippen molar-refractivity contribution in [3.05, 3.63) is 42.1 Å². The number of rotatable bonds is 4. The molecule has 6 nitrogen and oxygen atoms in total. The second-order valence-corrected chi connectivity index (χ2v) is 5.59. The highest BCUT2D eigenvalue weighted by molar-refractivity contribution is 5.86. The predicted molar refractivity (Wildman–Crippen MR) is 90.9 cm³/mol. The maximum absolute atomic E-state index is 13.5. The molecule has 0 amide bonds. The largest absolute Gasteiger partial charge is 0.508 e. The van der Waals surface area contributed by atoms with Gasteiger partial charge in [0.1, 0.15) is 22.9 Å². The fraction of sp³-hybridized carbons (Fsp3) is 0.167. The molecule has 3 aromatic rings. The van der Waals surface area contributed by atoms with E-state index in [1.165, 1.54) is 44.6 Å². The van der Waals surface area contributed by atoms with Crippen molar-refractivity contribution >= 4 is 0 Å². The van der Waals surface area contributed by atoms with Gasteiger partial charge in [0.25, 0.3) is 0 Å². The number of aromatic nitrogens is 2. The van der Waals surface area contributed by atoms with Crippen LogP contribution in [-0.4, -0.2) is 34.6 Å². The second-order valence-electron chi connectivity index (χ2n) is 5.59. The van der Waals surface area contributed by atoms with Crippen molar-refractivity contribution in [1.82, 2.24) is 10.2 Å². The molecule has 0 aliphatic heterocycles. The van der Waals surface area contributed by atoms with Crippen LogP contribution in [0.1, 0.15) is 5.69 Å². The van der Waals surface area contributed by atoms with Crippen molar-refractivity contribution in [3.63, 3.8) is 0 Å². The van der Waals surface area contributed by atoms with Gasteiger partial charge in [-0.05, 0) is 29.8 Å². The van der Waals surface area contributed by atoms with Crippen LogP contribution >= 0.6 is 0 Å². The molecule has 0 unspecified atom stereocenters. The molecule has 0 aliphatic rings. The third-order valence-corrected chi connectivity index (χ3v) is 3.96. The van der Waals surface area contributed by atoms with Gasteiger partial charge in [0, 0.05) is 17.2 Å². The van der Waals surface area contributed by atoms with Crippen LogP contribution in [0.25, 0.3) is 22.4 Å². The van der Waals surface area contributed by atoms with Crippen molar-refractivity contribution in [2.45, 2.75) is 6.18 Å². The molecule has 0 saturated heterocycles. The van der Waals surface area contributed by atoms with Gasteiger partial charge in [-0.3, -0.25) is 5.10 Å². The monoisotopic (exact) mass is 380 g/mol. The molecule has 1 aromatic heterocycles. The lowest BCUT2D eigenvalue weighted by Crippen LogP contribution is -2.07. The molecule has 0 bridgehead atoms. The quantitative estimate of drug-likeness (QED) is 0.632. The van der Waals surface area contributed by atoms with Crippen LogP contribution in [0.5, 0.6) is 23.0 Å². The molecule has 0 atom stereocenters. The summed E-state index contributed by atoms with van der Waals surface area (Å²) in [6.45, 7) is 0. The summed E-state index contributed by atoms with van der Waals surface area (Å²) in [5.74, 6) is -0.0371. The first-order chi connectivity index (χ1) is 12.8. The molecule has 27 heavy (non-hydrogen) atoms. The van der Waals surface area contributed by atoms with E-state index in [1.807, 2.05) is 5.10 Å². The van der Waals surface area contributed by atoms with E-state index in [4.69, 9.17) is 9.47 Å². The molecule has 142 valence electrons. The van der Waals surface area contributed by atoms with Crippen LogP contribution in [-0.2, 0) is 6.18 Å². The lowest BCUT2D eigenvalue weighted by molar-refractivity contribution is -0.140. The summed E-state index contributed by atoms with van der Waals surface area (Å²) in [6.07, 6.45) is -4.71. The van der Waals surface area contributed by atoms with Gasteiger partial charge < -0.3 is 19.7 Å². The van der Waals surface area contributed by atoms with Gasteiger partial charge in [-0.1, -0.05) is 6.07 Å². The average Bonchev–Trinajstić information content (AvgIpc) is 3.06. The molecule has 0 saturated carbocycles. The number of alkyl halides is 3. The maximum Gasteiger partial charge on any atom is 0.433 e. The van der Waals surface area contributed by atoms with Crippen LogP contribution in [0.15, 0.2) is 36.4 Å². The van der Waals surface area contributed by atoms with Crippen molar-refractivity contribution in [3.8, 4) is 45.4 Å². The zero-order valence-corrected chi connectivity index (χ0v) is 14.3. The van der Waals surface area contributed by atoms with Gasteiger partial charge in [0.15, 0.2) is 11.5 Å². The van der Waals surface area contributed by atoms with E-state index in [2.05, 4.69) is 5.10 Å². The summed E-state index contributed by atoms with van der Waals surface area (Å²) in [5.41, 5.74) is -1.26. The van der Waals surface area contributed by atoms with Gasteiger partial charge in [-0.15, -0.1) is 0 Å². The van der Waals surface area contributed by atoms with Crippen LogP contribution in [0, 0.1) is 0 Å². The van der Waals surface area contributed by atoms with E-state index < -0.39 is 17.6 Å². The van der Waals surface area contributed by atoms with Gasteiger partial charge in [-0.2, -0.15) is 18.3 Å². The zero-order valence-electron chi connectivity index (χ0n) is 14.3. The number of phenols is 2.